The molecule has 2 aliphatic rings. The van der Waals surface area contributed by atoms with Crippen LogP contribution in [0, 0.1) is 11.3 Å². The van der Waals surface area contributed by atoms with Gasteiger partial charge in [0.25, 0.3) is 6.71 Å². The fourth-order valence-corrected chi connectivity index (χ4v) is 19.0. The Balaban J connectivity index is 0.962. The van der Waals surface area contributed by atoms with Gasteiger partial charge in [-0.15, -0.1) is 11.3 Å². The summed E-state index contributed by atoms with van der Waals surface area (Å²) in [6.45, 7) is 12.7. The van der Waals surface area contributed by atoms with Gasteiger partial charge < -0.3 is 18.9 Å². The lowest BCUT2D eigenvalue weighted by molar-refractivity contribution is 0.590. The fraction of sp³-hybridized carbons (Fsp3) is 0.0762. The Hall–Kier alpha value is -13.5. The molecule has 21 rings (SSSR count). The van der Waals surface area contributed by atoms with Crippen molar-refractivity contribution in [1.82, 2.24) is 9.13 Å². The minimum absolute atomic E-state index is 0.0721. The number of fused-ring (bicyclic) bond motifs is 13. The van der Waals surface area contributed by atoms with Crippen molar-refractivity contribution >= 4 is 132 Å². The highest BCUT2D eigenvalue weighted by atomic mass is 32.1. The molecular weight excluding hydrogens is 1370 g/mol. The molecule has 2 aliphatic heterocycles. The van der Waals surface area contributed by atoms with Crippen molar-refractivity contribution in [3.8, 4) is 84.2 Å². The number of benzene rings is 16. The van der Waals surface area contributed by atoms with E-state index < -0.39 is 24.8 Å². The molecule has 7 heteroatoms. The van der Waals surface area contributed by atoms with Gasteiger partial charge in [0.15, 0.2) is 0 Å². The molecule has 0 aliphatic carbocycles. The Bertz CT molecular complexity index is 7560. The van der Waals surface area contributed by atoms with Gasteiger partial charge >= 0.3 is 0 Å². The first-order valence-corrected chi connectivity index (χ1v) is 39.0. The van der Waals surface area contributed by atoms with E-state index in [2.05, 4.69) is 315 Å². The van der Waals surface area contributed by atoms with Crippen LogP contribution in [0.2, 0.25) is 0 Å². The third-order valence-electron chi connectivity index (χ3n) is 23.1. The molecule has 0 saturated carbocycles. The molecular formula is C105H76BN5S. The Morgan fingerprint density at radius 3 is 1.55 bits per heavy atom. The fourth-order valence-electron chi connectivity index (χ4n) is 17.8. The summed E-state index contributed by atoms with van der Waals surface area (Å²) in [6.07, 6.45) is 0. The molecule has 19 aromatic rings. The van der Waals surface area contributed by atoms with Crippen LogP contribution in [0.1, 0.15) is 69.2 Å². The van der Waals surface area contributed by atoms with Crippen molar-refractivity contribution in [2.24, 2.45) is 0 Å². The Morgan fingerprint density at radius 2 is 0.875 bits per heavy atom. The van der Waals surface area contributed by atoms with Gasteiger partial charge in [-0.05, 0) is 186 Å². The molecule has 530 valence electrons. The van der Waals surface area contributed by atoms with E-state index in [9.17, 15) is 14.9 Å². The standard InChI is InChI=1S/C105H76BN5S/c1-104(2,3)74-49-55-92(84(61-74)70-33-17-10-18-34-70)111-97-60-73(101-80(82-40-25-39-81-79-37-21-24-44-100(79)112-103(81)82)38-26-43-96(101)109-89-41-22-19-35-77(89)78-36-20-23-42-90(78)109)46-51-87(97)106-88-59-72(68-29-13-8-14-30-68)48-54-95(88)110(91-53-47-71(67-27-11-7-12-28-67)58-83(91)69-31-15-9-16-32-69)98-63-76(64-99(111)102(98)106)108-93-52-45-66(65-107)57-85(93)86-62-75(105(4,5)6)50-56-94(86)108/h7-64H,1-6H3/i8D,13D,14D,26D,29D,30D,38D,43D. The molecule has 3 aromatic heterocycles. The quantitative estimate of drug-likeness (QED) is 0.128. The second-order valence-corrected chi connectivity index (χ2v) is 32.7. The highest BCUT2D eigenvalue weighted by Crippen LogP contribution is 2.54. The molecule has 0 N–H and O–H groups in total. The van der Waals surface area contributed by atoms with Crippen LogP contribution in [0.4, 0.5) is 34.1 Å². The van der Waals surface area contributed by atoms with Gasteiger partial charge in [-0.25, -0.2) is 0 Å². The Labute approximate surface area is 668 Å². The van der Waals surface area contributed by atoms with Crippen molar-refractivity contribution in [3.05, 3.63) is 368 Å². The third-order valence-corrected chi connectivity index (χ3v) is 24.3. The van der Waals surface area contributed by atoms with Crippen molar-refractivity contribution in [1.29, 1.82) is 5.26 Å². The van der Waals surface area contributed by atoms with Gasteiger partial charge in [0.1, 0.15) is 0 Å². The third kappa shape index (κ3) is 10.6. The van der Waals surface area contributed by atoms with E-state index in [1.54, 1.807) is 11.3 Å². The highest BCUT2D eigenvalue weighted by molar-refractivity contribution is 7.26. The van der Waals surface area contributed by atoms with Gasteiger partial charge in [0, 0.05) is 86.7 Å². The summed E-state index contributed by atoms with van der Waals surface area (Å²) in [4.78, 5) is 4.83. The minimum atomic E-state index is -0.693. The number of thiophene rings is 1. The Kier molecular flexibility index (Phi) is 13.5. The van der Waals surface area contributed by atoms with Gasteiger partial charge in [0.2, 0.25) is 0 Å². The predicted octanol–water partition coefficient (Wildman–Crippen LogP) is 26.8. The number of nitrogens with zero attached hydrogens (tertiary/aromatic N) is 5. The lowest BCUT2D eigenvalue weighted by atomic mass is 9.33. The van der Waals surface area contributed by atoms with Crippen LogP contribution in [0.5, 0.6) is 0 Å². The summed E-state index contributed by atoms with van der Waals surface area (Å²) in [6, 6.07) is 106. The molecule has 0 bridgehead atoms. The van der Waals surface area contributed by atoms with Crippen LogP contribution in [0.3, 0.4) is 0 Å². The molecule has 0 amide bonds. The van der Waals surface area contributed by atoms with Gasteiger partial charge in [-0.1, -0.05) is 290 Å². The maximum atomic E-state index is 10.8. The smallest absolute Gasteiger partial charge is 0.252 e. The zero-order chi connectivity index (χ0) is 82.2. The van der Waals surface area contributed by atoms with Crippen molar-refractivity contribution in [2.75, 3.05) is 9.80 Å². The average Bonchev–Trinajstić information content (AvgIpc) is 0.742. The normalized spacial score (nSPS) is 13.7. The summed E-state index contributed by atoms with van der Waals surface area (Å²) in [5, 5.41) is 16.8. The highest BCUT2D eigenvalue weighted by Gasteiger charge is 2.46. The molecule has 0 saturated heterocycles. The molecule has 0 unspecified atom stereocenters. The maximum absolute atomic E-state index is 10.8. The van der Waals surface area contributed by atoms with Gasteiger partial charge in [-0.3, -0.25) is 0 Å². The molecule has 0 radical (unpaired) electrons. The lowest BCUT2D eigenvalue weighted by Crippen LogP contribution is -2.61. The molecule has 0 atom stereocenters. The topological polar surface area (TPSA) is 40.1 Å². The molecule has 16 aromatic carbocycles. The molecule has 0 spiro atoms. The van der Waals surface area contributed by atoms with E-state index in [-0.39, 0.29) is 46.6 Å². The number of hydrogen-bond donors (Lipinski definition) is 0. The first-order valence-electron chi connectivity index (χ1n) is 42.2. The van der Waals surface area contributed by atoms with Crippen molar-refractivity contribution in [2.45, 2.75) is 52.4 Å². The van der Waals surface area contributed by atoms with E-state index >= 15 is 0 Å². The first-order chi connectivity index (χ1) is 58.1. The van der Waals surface area contributed by atoms with E-state index in [1.165, 1.54) is 0 Å². The van der Waals surface area contributed by atoms with E-state index in [4.69, 9.17) is 1.37 Å². The zero-order valence-corrected chi connectivity index (χ0v) is 63.4. The number of anilines is 6. The summed E-state index contributed by atoms with van der Waals surface area (Å²) >= 11 is 1.66. The van der Waals surface area contributed by atoms with Crippen LogP contribution >= 0.6 is 11.3 Å². The number of para-hydroxylation sites is 2. The van der Waals surface area contributed by atoms with Crippen LogP contribution < -0.4 is 26.2 Å². The van der Waals surface area contributed by atoms with E-state index in [1.807, 2.05) is 54.6 Å². The molecule has 5 nitrogen and oxygen atoms in total. The maximum Gasteiger partial charge on any atom is 0.252 e. The first kappa shape index (κ1) is 58.5. The second kappa shape index (κ2) is 25.8. The molecule has 112 heavy (non-hydrogen) atoms. The summed E-state index contributed by atoms with van der Waals surface area (Å²) in [7, 11) is 0. The summed E-state index contributed by atoms with van der Waals surface area (Å²) < 4.78 is 85.0. The Morgan fingerprint density at radius 1 is 0.330 bits per heavy atom. The number of rotatable bonds is 10. The van der Waals surface area contributed by atoms with Crippen LogP contribution in [-0.4, -0.2) is 15.8 Å². The van der Waals surface area contributed by atoms with Crippen LogP contribution in [-0.2, 0) is 10.8 Å². The lowest BCUT2D eigenvalue weighted by Gasteiger charge is -2.45. The summed E-state index contributed by atoms with van der Waals surface area (Å²) in [5.41, 5.74) is 23.4. The molecule has 5 heterocycles. The van der Waals surface area contributed by atoms with Crippen molar-refractivity contribution in [3.63, 3.8) is 0 Å². The van der Waals surface area contributed by atoms with Gasteiger partial charge in [0.05, 0.1) is 67.4 Å². The SMILES string of the molecule is [2H]c1c([2H])c([2H])c(-c2ccc3c(c2)B2c4ccc(-c5c(-c6cccc7c6sc6ccccc67)c([2H])c([2H])c([2H])c5-n5c6ccccc6c6ccccc65)cc4N(c4ccc(C(C)(C)C)cc4-c4ccccc4)c4cc(-n5c6ccc(C#N)cc6c6cc(C(C)(C)C)ccc65)cc(c42)N3c2ccc(-c3ccccc3)cc2-c2ccccc2)c([2H])c1[2H]. The average molecular weight is 1460 g/mol. The van der Waals surface area contributed by atoms with Crippen LogP contribution in [0.15, 0.2) is 352 Å². The van der Waals surface area contributed by atoms with E-state index in [0.29, 0.717) is 33.5 Å². The summed E-state index contributed by atoms with van der Waals surface area (Å²) in [5.74, 6) is 0. The molecule has 0 fully saturated rings. The van der Waals surface area contributed by atoms with Crippen molar-refractivity contribution < 1.29 is 11.0 Å². The number of hydrogen-bond acceptors (Lipinski definition) is 4. The second-order valence-electron chi connectivity index (χ2n) is 31.6. The minimum Gasteiger partial charge on any atom is -0.311 e. The van der Waals surface area contributed by atoms with Gasteiger partial charge in [-0.2, -0.15) is 5.26 Å². The monoisotopic (exact) mass is 1460 g/mol. The predicted molar refractivity (Wildman–Crippen MR) is 477 cm³/mol. The largest absolute Gasteiger partial charge is 0.311 e. The zero-order valence-electron chi connectivity index (χ0n) is 70.6. The number of nitriles is 1. The van der Waals surface area contributed by atoms with E-state index in [0.717, 1.165) is 170 Å². The number of aromatic nitrogens is 2. The van der Waals surface area contributed by atoms with Crippen LogP contribution in [0.25, 0.3) is 142 Å².